The maximum Gasteiger partial charge on any atom is 0.254 e. The number of carbonyl (C=O) groups excluding carboxylic acids is 1. The molecule has 0 bridgehead atoms. The molecule has 1 N–H and O–H groups in total. The third-order valence-electron chi connectivity index (χ3n) is 5.30. The molecule has 0 aliphatic carbocycles. The first-order valence-corrected chi connectivity index (χ1v) is 9.77. The molecule has 1 aliphatic rings. The molecule has 7 nitrogen and oxygen atoms in total. The number of phenols is 1. The highest BCUT2D eigenvalue weighted by Gasteiger charge is 2.23. The normalized spacial score (nSPS) is 13.6. The summed E-state index contributed by atoms with van der Waals surface area (Å²) in [5.41, 5.74) is 1.78. The van der Waals surface area contributed by atoms with Gasteiger partial charge in [0.15, 0.2) is 11.5 Å². The van der Waals surface area contributed by atoms with Crippen molar-refractivity contribution in [2.75, 3.05) is 20.2 Å². The monoisotopic (exact) mass is 392 g/mol. The number of ether oxygens (including phenoxy) is 1. The zero-order valence-electron chi connectivity index (χ0n) is 16.4. The molecule has 1 aromatic heterocycles. The number of rotatable bonds is 5. The van der Waals surface area contributed by atoms with E-state index in [4.69, 9.17) is 4.74 Å². The molecule has 2 heterocycles. The first-order valence-electron chi connectivity index (χ1n) is 9.77. The van der Waals surface area contributed by atoms with E-state index in [2.05, 4.69) is 26.9 Å². The smallest absolute Gasteiger partial charge is 0.254 e. The number of carbonyl (C=O) groups is 1. The second-order valence-corrected chi connectivity index (χ2v) is 7.10. The van der Waals surface area contributed by atoms with Gasteiger partial charge in [0.2, 0.25) is 0 Å². The molecule has 1 aliphatic heterocycles. The Labute approximate surface area is 169 Å². The molecule has 0 radical (unpaired) electrons. The number of aryl methyl sites for hydroxylation is 2. The van der Waals surface area contributed by atoms with Crippen LogP contribution in [0.2, 0.25) is 0 Å². The molecule has 0 unspecified atom stereocenters. The summed E-state index contributed by atoms with van der Waals surface area (Å²) in [6.07, 6.45) is 2.40. The van der Waals surface area contributed by atoms with Crippen LogP contribution in [0.5, 0.6) is 11.5 Å². The third kappa shape index (κ3) is 4.08. The number of hydrogen-bond donors (Lipinski definition) is 1. The van der Waals surface area contributed by atoms with Gasteiger partial charge >= 0.3 is 0 Å². The first kappa shape index (κ1) is 19.0. The van der Waals surface area contributed by atoms with Gasteiger partial charge in [-0.1, -0.05) is 30.3 Å². The number of methoxy groups -OCH3 is 1. The number of benzene rings is 2. The van der Waals surface area contributed by atoms with Crippen LogP contribution >= 0.6 is 0 Å². The number of phenolic OH excluding ortho intramolecular Hbond substituents is 1. The van der Waals surface area contributed by atoms with Crippen molar-refractivity contribution < 1.29 is 14.6 Å². The number of hydrogen-bond acceptors (Lipinski definition) is 5. The number of fused-ring (bicyclic) bond motifs is 1. The Morgan fingerprint density at radius 2 is 1.90 bits per heavy atom. The molecule has 4 rings (SSSR count). The fraction of sp³-hybridized carbons (Fsp3) is 0.318. The van der Waals surface area contributed by atoms with Gasteiger partial charge in [0.1, 0.15) is 11.6 Å². The van der Waals surface area contributed by atoms with E-state index in [1.54, 1.807) is 12.1 Å². The molecule has 2 aromatic carbocycles. The molecule has 0 saturated heterocycles. The van der Waals surface area contributed by atoms with Gasteiger partial charge in [0.25, 0.3) is 5.91 Å². The Bertz CT molecular complexity index is 1000. The number of amides is 1. The molecule has 1 amide bonds. The average molecular weight is 392 g/mol. The molecule has 7 heteroatoms. The zero-order chi connectivity index (χ0) is 20.2. The molecule has 0 atom stereocenters. The summed E-state index contributed by atoms with van der Waals surface area (Å²) in [7, 11) is 1.47. The minimum Gasteiger partial charge on any atom is -0.504 e. The largest absolute Gasteiger partial charge is 0.504 e. The quantitative estimate of drug-likeness (QED) is 0.722. The molecule has 150 valence electrons. The van der Waals surface area contributed by atoms with Gasteiger partial charge in [-0.25, -0.2) is 0 Å². The Hall–Kier alpha value is -3.35. The van der Waals surface area contributed by atoms with E-state index in [1.165, 1.54) is 18.7 Å². The zero-order valence-corrected chi connectivity index (χ0v) is 16.4. The van der Waals surface area contributed by atoms with Crippen LogP contribution in [0.4, 0.5) is 0 Å². The predicted molar refractivity (Wildman–Crippen MR) is 108 cm³/mol. The minimum absolute atomic E-state index is 0.0224. The van der Waals surface area contributed by atoms with Crippen LogP contribution in [0.3, 0.4) is 0 Å². The summed E-state index contributed by atoms with van der Waals surface area (Å²) in [4.78, 5) is 14.8. The van der Waals surface area contributed by atoms with E-state index < -0.39 is 0 Å². The Kier molecular flexibility index (Phi) is 5.46. The lowest BCUT2D eigenvalue weighted by Crippen LogP contribution is -2.33. The van der Waals surface area contributed by atoms with E-state index in [1.807, 2.05) is 23.1 Å². The van der Waals surface area contributed by atoms with E-state index >= 15 is 0 Å². The van der Waals surface area contributed by atoms with Gasteiger partial charge in [-0.3, -0.25) is 4.79 Å². The highest BCUT2D eigenvalue weighted by molar-refractivity contribution is 5.95. The maximum atomic E-state index is 12.9. The van der Waals surface area contributed by atoms with Crippen molar-refractivity contribution >= 4 is 5.91 Å². The average Bonchev–Trinajstić information content (AvgIpc) is 3.02. The first-order chi connectivity index (χ1) is 14.2. The van der Waals surface area contributed by atoms with E-state index in [9.17, 15) is 9.90 Å². The second kappa shape index (κ2) is 8.34. The van der Waals surface area contributed by atoms with Crippen molar-refractivity contribution in [2.24, 2.45) is 0 Å². The molecule has 0 fully saturated rings. The van der Waals surface area contributed by atoms with Gasteiger partial charge in [-0.15, -0.1) is 10.2 Å². The third-order valence-corrected chi connectivity index (χ3v) is 5.30. The van der Waals surface area contributed by atoms with Gasteiger partial charge in [0.05, 0.1) is 7.11 Å². The number of aromatic hydroxyl groups is 1. The lowest BCUT2D eigenvalue weighted by molar-refractivity contribution is 0.0758. The van der Waals surface area contributed by atoms with Crippen LogP contribution < -0.4 is 4.74 Å². The maximum absolute atomic E-state index is 12.9. The summed E-state index contributed by atoms with van der Waals surface area (Å²) >= 11 is 0. The molecule has 0 saturated carbocycles. The van der Waals surface area contributed by atoms with Crippen LogP contribution in [0.25, 0.3) is 0 Å². The summed E-state index contributed by atoms with van der Waals surface area (Å²) in [6, 6.07) is 15.0. The lowest BCUT2D eigenvalue weighted by Gasteiger charge is -2.20. The van der Waals surface area contributed by atoms with Gasteiger partial charge < -0.3 is 19.3 Å². The summed E-state index contributed by atoms with van der Waals surface area (Å²) in [5.74, 6) is 2.13. The number of nitrogens with zero attached hydrogens (tertiary/aromatic N) is 4. The van der Waals surface area contributed by atoms with E-state index in [-0.39, 0.29) is 11.7 Å². The minimum atomic E-state index is -0.0761. The van der Waals surface area contributed by atoms with Crippen molar-refractivity contribution in [3.8, 4) is 11.5 Å². The fourth-order valence-corrected chi connectivity index (χ4v) is 3.67. The predicted octanol–water partition coefficient (Wildman–Crippen LogP) is 2.48. The van der Waals surface area contributed by atoms with Crippen LogP contribution in [0, 0.1) is 0 Å². The topological polar surface area (TPSA) is 80.5 Å². The fourth-order valence-electron chi connectivity index (χ4n) is 3.67. The van der Waals surface area contributed by atoms with Crippen LogP contribution in [0.1, 0.15) is 27.6 Å². The van der Waals surface area contributed by atoms with Crippen molar-refractivity contribution in [1.82, 2.24) is 19.7 Å². The second-order valence-electron chi connectivity index (χ2n) is 7.10. The molecule has 0 spiro atoms. The highest BCUT2D eigenvalue weighted by atomic mass is 16.5. The Balaban J connectivity index is 1.44. The van der Waals surface area contributed by atoms with Crippen molar-refractivity contribution in [2.45, 2.75) is 25.8 Å². The van der Waals surface area contributed by atoms with Crippen LogP contribution in [-0.4, -0.2) is 50.9 Å². The van der Waals surface area contributed by atoms with Crippen LogP contribution in [0.15, 0.2) is 48.5 Å². The van der Waals surface area contributed by atoms with Gasteiger partial charge in [-0.2, -0.15) is 0 Å². The highest BCUT2D eigenvalue weighted by Crippen LogP contribution is 2.27. The summed E-state index contributed by atoms with van der Waals surface area (Å²) < 4.78 is 7.27. The van der Waals surface area contributed by atoms with Gasteiger partial charge in [-0.05, 0) is 30.2 Å². The summed E-state index contributed by atoms with van der Waals surface area (Å²) in [6.45, 7) is 1.84. The summed E-state index contributed by atoms with van der Waals surface area (Å²) in [5, 5.41) is 18.5. The Morgan fingerprint density at radius 1 is 1.07 bits per heavy atom. The van der Waals surface area contributed by atoms with Gasteiger partial charge in [0, 0.05) is 38.0 Å². The number of aromatic nitrogens is 3. The lowest BCUT2D eigenvalue weighted by atomic mass is 10.1. The SMILES string of the molecule is COc1cc(C(=O)N2CCc3nnc(CCc4ccccc4)n3CC2)ccc1O. The molecular formula is C22H24N4O3. The van der Waals surface area contributed by atoms with Crippen molar-refractivity contribution in [3.63, 3.8) is 0 Å². The van der Waals surface area contributed by atoms with Crippen LogP contribution in [-0.2, 0) is 25.8 Å². The molecule has 29 heavy (non-hydrogen) atoms. The standard InChI is InChI=1S/C22H24N4O3/c1-29-19-15-17(8-9-18(19)27)22(28)25-12-11-21-24-23-20(26(21)14-13-25)10-7-16-5-3-2-4-6-16/h2-6,8-9,15,27H,7,10-14H2,1H3. The van der Waals surface area contributed by atoms with E-state index in [0.717, 1.165) is 24.5 Å². The van der Waals surface area contributed by atoms with E-state index in [0.29, 0.717) is 37.4 Å². The Morgan fingerprint density at radius 3 is 2.69 bits per heavy atom. The molecular weight excluding hydrogens is 368 g/mol. The van der Waals surface area contributed by atoms with Crippen molar-refractivity contribution in [3.05, 3.63) is 71.3 Å². The van der Waals surface area contributed by atoms with Crippen molar-refractivity contribution in [1.29, 1.82) is 0 Å². The molecule has 3 aromatic rings.